The molecule has 1 saturated heterocycles. The fourth-order valence-corrected chi connectivity index (χ4v) is 1.94. The van der Waals surface area contributed by atoms with Gasteiger partial charge in [0.05, 0.1) is 0 Å². The molecule has 1 heterocycles. The van der Waals surface area contributed by atoms with Crippen LogP contribution in [0.15, 0.2) is 30.3 Å². The molecule has 0 saturated carbocycles. The van der Waals surface area contributed by atoms with Crippen LogP contribution >= 0.6 is 0 Å². The Morgan fingerprint density at radius 1 is 1.14 bits per heavy atom. The molecule has 14 heavy (non-hydrogen) atoms. The lowest BCUT2D eigenvalue weighted by molar-refractivity contribution is 0.322. The van der Waals surface area contributed by atoms with E-state index in [2.05, 4.69) is 49.1 Å². The van der Waals surface area contributed by atoms with Gasteiger partial charge in [-0.15, -0.1) is 0 Å². The van der Waals surface area contributed by atoms with E-state index in [1.807, 2.05) is 0 Å². The third-order valence-corrected chi connectivity index (χ3v) is 3.09. The first-order valence-electron chi connectivity index (χ1n) is 5.33. The minimum absolute atomic E-state index is 0.297. The predicted octanol–water partition coefficient (Wildman–Crippen LogP) is 3.13. The SMILES string of the molecule is [CH2]C1(C)CCN(c2ccccc2)CC1. The summed E-state index contributed by atoms with van der Waals surface area (Å²) in [4.78, 5) is 2.45. The molecule has 0 atom stereocenters. The lowest BCUT2D eigenvalue weighted by atomic mass is 9.82. The molecule has 1 aliphatic heterocycles. The Morgan fingerprint density at radius 2 is 1.71 bits per heavy atom. The average molecular weight is 188 g/mol. The molecule has 1 aromatic carbocycles. The largest absolute Gasteiger partial charge is 0.371 e. The van der Waals surface area contributed by atoms with Crippen LogP contribution in [0, 0.1) is 12.3 Å². The molecule has 0 aromatic heterocycles. The highest BCUT2D eigenvalue weighted by atomic mass is 15.1. The van der Waals surface area contributed by atoms with E-state index in [0.717, 1.165) is 13.1 Å². The van der Waals surface area contributed by atoms with Gasteiger partial charge in [-0.2, -0.15) is 0 Å². The van der Waals surface area contributed by atoms with Gasteiger partial charge in [-0.1, -0.05) is 25.1 Å². The summed E-state index contributed by atoms with van der Waals surface area (Å²) in [5.74, 6) is 0. The summed E-state index contributed by atoms with van der Waals surface area (Å²) >= 11 is 0. The highest BCUT2D eigenvalue weighted by Crippen LogP contribution is 2.31. The second-order valence-electron chi connectivity index (χ2n) is 4.63. The highest BCUT2D eigenvalue weighted by Gasteiger charge is 2.25. The molecular weight excluding hydrogens is 170 g/mol. The van der Waals surface area contributed by atoms with Gasteiger partial charge in [0, 0.05) is 18.8 Å². The van der Waals surface area contributed by atoms with Crippen molar-refractivity contribution in [2.45, 2.75) is 19.8 Å². The third kappa shape index (κ3) is 2.09. The zero-order valence-corrected chi connectivity index (χ0v) is 8.87. The van der Waals surface area contributed by atoms with Crippen molar-refractivity contribution in [1.29, 1.82) is 0 Å². The van der Waals surface area contributed by atoms with Crippen molar-refractivity contribution in [1.82, 2.24) is 0 Å². The Labute approximate surface area is 86.7 Å². The maximum Gasteiger partial charge on any atom is 0.0366 e. The van der Waals surface area contributed by atoms with E-state index in [0.29, 0.717) is 5.41 Å². The van der Waals surface area contributed by atoms with Gasteiger partial charge < -0.3 is 4.90 Å². The van der Waals surface area contributed by atoms with Gasteiger partial charge in [-0.3, -0.25) is 0 Å². The lowest BCUT2D eigenvalue weighted by Gasteiger charge is -2.38. The maximum absolute atomic E-state index is 4.23. The Hall–Kier alpha value is -0.980. The summed E-state index contributed by atoms with van der Waals surface area (Å²) in [7, 11) is 0. The van der Waals surface area contributed by atoms with Crippen molar-refractivity contribution in [3.63, 3.8) is 0 Å². The Kier molecular flexibility index (Phi) is 2.49. The van der Waals surface area contributed by atoms with Crippen LogP contribution in [0.1, 0.15) is 19.8 Å². The van der Waals surface area contributed by atoms with E-state index in [9.17, 15) is 0 Å². The van der Waals surface area contributed by atoms with Gasteiger partial charge >= 0.3 is 0 Å². The molecule has 1 aliphatic rings. The standard InChI is InChI=1S/C13H18N/c1-13(2)8-10-14(11-9-13)12-6-4-3-5-7-12/h3-7H,1,8-11H2,2H3. The molecule has 0 spiro atoms. The second-order valence-corrected chi connectivity index (χ2v) is 4.63. The van der Waals surface area contributed by atoms with Gasteiger partial charge in [-0.05, 0) is 37.3 Å². The number of benzene rings is 1. The van der Waals surface area contributed by atoms with Crippen LogP contribution in [0.5, 0.6) is 0 Å². The minimum Gasteiger partial charge on any atom is -0.371 e. The topological polar surface area (TPSA) is 3.24 Å². The number of hydrogen-bond acceptors (Lipinski definition) is 1. The number of anilines is 1. The molecule has 1 heteroatoms. The van der Waals surface area contributed by atoms with Gasteiger partial charge in [0.2, 0.25) is 0 Å². The molecule has 0 unspecified atom stereocenters. The quantitative estimate of drug-likeness (QED) is 0.654. The highest BCUT2D eigenvalue weighted by molar-refractivity contribution is 5.46. The molecular formula is C13H18N. The van der Waals surface area contributed by atoms with E-state index in [-0.39, 0.29) is 0 Å². The van der Waals surface area contributed by atoms with Crippen LogP contribution < -0.4 is 4.90 Å². The zero-order valence-electron chi connectivity index (χ0n) is 8.87. The number of nitrogens with zero attached hydrogens (tertiary/aromatic N) is 1. The van der Waals surface area contributed by atoms with Gasteiger partial charge in [0.15, 0.2) is 0 Å². The first-order chi connectivity index (χ1) is 6.67. The first kappa shape index (κ1) is 9.57. The molecule has 0 bridgehead atoms. The molecule has 75 valence electrons. The van der Waals surface area contributed by atoms with Crippen LogP contribution in [-0.4, -0.2) is 13.1 Å². The average Bonchev–Trinajstić information content (AvgIpc) is 2.19. The van der Waals surface area contributed by atoms with Crippen LogP contribution in [-0.2, 0) is 0 Å². The molecule has 1 aromatic rings. The number of piperidine rings is 1. The number of rotatable bonds is 1. The van der Waals surface area contributed by atoms with Crippen molar-refractivity contribution in [2.24, 2.45) is 5.41 Å². The molecule has 0 N–H and O–H groups in total. The van der Waals surface area contributed by atoms with Crippen LogP contribution in [0.25, 0.3) is 0 Å². The van der Waals surface area contributed by atoms with Crippen LogP contribution in [0.4, 0.5) is 5.69 Å². The summed E-state index contributed by atoms with van der Waals surface area (Å²) in [6, 6.07) is 10.6. The van der Waals surface area contributed by atoms with Crippen LogP contribution in [0.2, 0.25) is 0 Å². The summed E-state index contributed by atoms with van der Waals surface area (Å²) in [6.07, 6.45) is 2.39. The van der Waals surface area contributed by atoms with Crippen molar-refractivity contribution >= 4 is 5.69 Å². The molecule has 0 amide bonds. The van der Waals surface area contributed by atoms with Crippen molar-refractivity contribution in [3.05, 3.63) is 37.3 Å². The Balaban J connectivity index is 2.03. The summed E-state index contributed by atoms with van der Waals surface area (Å²) in [5, 5.41) is 0. The van der Waals surface area contributed by atoms with E-state index in [1.165, 1.54) is 18.5 Å². The van der Waals surface area contributed by atoms with E-state index in [4.69, 9.17) is 0 Å². The summed E-state index contributed by atoms with van der Waals surface area (Å²) in [5.41, 5.74) is 1.65. The normalized spacial score (nSPS) is 20.9. The summed E-state index contributed by atoms with van der Waals surface area (Å²) in [6.45, 7) is 8.78. The lowest BCUT2D eigenvalue weighted by Crippen LogP contribution is -2.37. The van der Waals surface area contributed by atoms with Gasteiger partial charge in [-0.25, -0.2) is 0 Å². The van der Waals surface area contributed by atoms with Crippen molar-refractivity contribution in [2.75, 3.05) is 18.0 Å². The third-order valence-electron chi connectivity index (χ3n) is 3.09. The number of hydrogen-bond donors (Lipinski definition) is 0. The maximum atomic E-state index is 4.23. The molecule has 0 aliphatic carbocycles. The van der Waals surface area contributed by atoms with E-state index < -0.39 is 0 Å². The molecule has 1 fully saturated rings. The molecule has 1 nitrogen and oxygen atoms in total. The van der Waals surface area contributed by atoms with Gasteiger partial charge in [0.1, 0.15) is 0 Å². The number of para-hydroxylation sites is 1. The van der Waals surface area contributed by atoms with Crippen LogP contribution in [0.3, 0.4) is 0 Å². The van der Waals surface area contributed by atoms with Crippen molar-refractivity contribution < 1.29 is 0 Å². The summed E-state index contributed by atoms with van der Waals surface area (Å²) < 4.78 is 0. The van der Waals surface area contributed by atoms with E-state index >= 15 is 0 Å². The zero-order chi connectivity index (χ0) is 10.0. The fraction of sp³-hybridized carbons (Fsp3) is 0.462. The minimum atomic E-state index is 0.297. The first-order valence-corrected chi connectivity index (χ1v) is 5.33. The van der Waals surface area contributed by atoms with Crippen molar-refractivity contribution in [3.8, 4) is 0 Å². The Bertz CT molecular complexity index is 279. The molecule has 1 radical (unpaired) electrons. The second kappa shape index (κ2) is 3.64. The van der Waals surface area contributed by atoms with E-state index in [1.54, 1.807) is 0 Å². The fourth-order valence-electron chi connectivity index (χ4n) is 1.94. The molecule has 2 rings (SSSR count). The smallest absolute Gasteiger partial charge is 0.0366 e. The van der Waals surface area contributed by atoms with Gasteiger partial charge in [0.25, 0.3) is 0 Å². The predicted molar refractivity (Wildman–Crippen MR) is 61.4 cm³/mol. The Morgan fingerprint density at radius 3 is 2.29 bits per heavy atom. The monoisotopic (exact) mass is 188 g/mol.